The monoisotopic (exact) mass is 502 g/mol. The number of likely N-dealkylation sites (tertiary alicyclic amines) is 1. The first-order valence-corrected chi connectivity index (χ1v) is 9.57. The van der Waals surface area contributed by atoms with Crippen molar-refractivity contribution in [2.45, 2.75) is 46.1 Å². The van der Waals surface area contributed by atoms with Gasteiger partial charge in [0, 0.05) is 44.7 Å². The van der Waals surface area contributed by atoms with E-state index in [0.717, 1.165) is 25.1 Å². The van der Waals surface area contributed by atoms with Crippen LogP contribution in [0.1, 0.15) is 38.7 Å². The average molecular weight is 502 g/mol. The van der Waals surface area contributed by atoms with Crippen molar-refractivity contribution in [3.63, 3.8) is 0 Å². The van der Waals surface area contributed by atoms with E-state index in [0.29, 0.717) is 31.3 Å². The van der Waals surface area contributed by atoms with Gasteiger partial charge in [-0.05, 0) is 31.9 Å². The highest BCUT2D eigenvalue weighted by Gasteiger charge is 2.25. The van der Waals surface area contributed by atoms with Gasteiger partial charge in [0.15, 0.2) is 5.96 Å². The van der Waals surface area contributed by atoms with Crippen molar-refractivity contribution in [3.05, 3.63) is 23.9 Å². The van der Waals surface area contributed by atoms with Crippen molar-refractivity contribution in [2.24, 2.45) is 4.99 Å². The molecule has 1 atom stereocenters. The number of carbonyl (C=O) groups excluding carboxylic acids is 2. The van der Waals surface area contributed by atoms with E-state index in [9.17, 15) is 9.59 Å². The molecule has 1 aliphatic rings. The van der Waals surface area contributed by atoms with E-state index in [1.807, 2.05) is 31.7 Å². The van der Waals surface area contributed by atoms with E-state index in [4.69, 9.17) is 0 Å². The predicted octanol–water partition coefficient (Wildman–Crippen LogP) is 1.90. The lowest BCUT2D eigenvalue weighted by Crippen LogP contribution is -2.45. The predicted molar refractivity (Wildman–Crippen MR) is 122 cm³/mol. The number of anilines is 1. The Hall–Kier alpha value is -1.91. The van der Waals surface area contributed by atoms with Crippen LogP contribution < -0.4 is 16.0 Å². The molecule has 1 aliphatic heterocycles. The number of hydrogen-bond donors (Lipinski definition) is 3. The van der Waals surface area contributed by atoms with Gasteiger partial charge in [0.1, 0.15) is 5.82 Å². The Morgan fingerprint density at radius 3 is 2.75 bits per heavy atom. The number of hydrogen-bond acceptors (Lipinski definition) is 4. The number of rotatable bonds is 7. The van der Waals surface area contributed by atoms with Crippen molar-refractivity contribution in [3.8, 4) is 0 Å². The molecule has 0 aliphatic carbocycles. The minimum absolute atomic E-state index is 0. The summed E-state index contributed by atoms with van der Waals surface area (Å²) in [7, 11) is 0. The van der Waals surface area contributed by atoms with Crippen LogP contribution in [0.15, 0.2) is 23.3 Å². The number of aryl methyl sites for hydroxylation is 1. The number of carbonyl (C=O) groups is 2. The van der Waals surface area contributed by atoms with Gasteiger partial charge in [-0.1, -0.05) is 13.0 Å². The highest BCUT2D eigenvalue weighted by molar-refractivity contribution is 14.0. The highest BCUT2D eigenvalue weighted by atomic mass is 127. The summed E-state index contributed by atoms with van der Waals surface area (Å²) in [4.78, 5) is 34.3. The minimum atomic E-state index is -0.119. The van der Waals surface area contributed by atoms with Gasteiger partial charge in [-0.3, -0.25) is 14.6 Å². The van der Waals surface area contributed by atoms with Gasteiger partial charge in [-0.15, -0.1) is 24.0 Å². The molecule has 9 heteroatoms. The van der Waals surface area contributed by atoms with Crippen LogP contribution in [0.3, 0.4) is 0 Å². The molecule has 1 aromatic rings. The molecule has 1 fully saturated rings. The zero-order valence-corrected chi connectivity index (χ0v) is 19.2. The summed E-state index contributed by atoms with van der Waals surface area (Å²) in [6.45, 7) is 8.39. The number of nitrogens with zero attached hydrogens (tertiary/aromatic N) is 3. The second kappa shape index (κ2) is 12.5. The SMILES string of the molecule is CCNC(=NCCC(=O)Nc1ccc(C)cn1)NC1CCN(C(=O)CC)C1.I. The first-order chi connectivity index (χ1) is 13.0. The second-order valence-corrected chi connectivity index (χ2v) is 6.60. The van der Waals surface area contributed by atoms with Gasteiger partial charge in [0.2, 0.25) is 11.8 Å². The van der Waals surface area contributed by atoms with E-state index >= 15 is 0 Å². The number of aliphatic imine (C=N–C) groups is 1. The Bertz CT molecular complexity index is 665. The summed E-state index contributed by atoms with van der Waals surface area (Å²) >= 11 is 0. The molecule has 2 amide bonds. The molecule has 2 rings (SSSR count). The standard InChI is InChI=1S/C19H30N6O2.HI/c1-4-18(27)25-11-9-15(13-25)23-19(20-5-2)21-10-8-17(26)24-16-7-6-14(3)12-22-16;/h6-7,12,15H,4-5,8-11,13H2,1-3H3,(H2,20,21,23)(H,22,24,26);1H. The minimum Gasteiger partial charge on any atom is -0.357 e. The van der Waals surface area contributed by atoms with Gasteiger partial charge in [-0.25, -0.2) is 4.98 Å². The van der Waals surface area contributed by atoms with Crippen LogP contribution in [0, 0.1) is 6.92 Å². The lowest BCUT2D eigenvalue weighted by Gasteiger charge is -2.18. The third-order valence-corrected chi connectivity index (χ3v) is 4.32. The Balaban J connectivity index is 0.00000392. The first-order valence-electron chi connectivity index (χ1n) is 9.57. The first kappa shape index (κ1) is 24.1. The molecular formula is C19H31IN6O2. The number of halogens is 1. The topological polar surface area (TPSA) is 98.7 Å². The maximum Gasteiger partial charge on any atom is 0.227 e. The molecule has 0 bridgehead atoms. The molecule has 1 unspecified atom stereocenters. The normalized spacial score (nSPS) is 16.3. The molecule has 0 spiro atoms. The lowest BCUT2D eigenvalue weighted by molar-refractivity contribution is -0.129. The Labute approximate surface area is 184 Å². The van der Waals surface area contributed by atoms with Gasteiger partial charge in [0.05, 0.1) is 6.54 Å². The third kappa shape index (κ3) is 7.99. The summed E-state index contributed by atoms with van der Waals surface area (Å²) in [5.74, 6) is 1.29. The summed E-state index contributed by atoms with van der Waals surface area (Å²) < 4.78 is 0. The number of amides is 2. The number of nitrogens with one attached hydrogen (secondary N) is 3. The van der Waals surface area contributed by atoms with E-state index in [-0.39, 0.29) is 48.3 Å². The molecule has 0 saturated carbocycles. The maximum absolute atomic E-state index is 12.0. The zero-order chi connectivity index (χ0) is 19.6. The molecular weight excluding hydrogens is 471 g/mol. The quantitative estimate of drug-likeness (QED) is 0.301. The largest absolute Gasteiger partial charge is 0.357 e. The van der Waals surface area contributed by atoms with Crippen molar-refractivity contribution in [1.29, 1.82) is 0 Å². The van der Waals surface area contributed by atoms with Gasteiger partial charge < -0.3 is 20.9 Å². The van der Waals surface area contributed by atoms with Crippen molar-refractivity contribution in [2.75, 3.05) is 31.5 Å². The molecule has 156 valence electrons. The fraction of sp³-hybridized carbons (Fsp3) is 0.579. The lowest BCUT2D eigenvalue weighted by atomic mass is 10.3. The van der Waals surface area contributed by atoms with Crippen LogP contribution in [0.4, 0.5) is 5.82 Å². The Kier molecular flexibility index (Phi) is 10.8. The summed E-state index contributed by atoms with van der Waals surface area (Å²) in [5.41, 5.74) is 1.05. The molecule has 28 heavy (non-hydrogen) atoms. The van der Waals surface area contributed by atoms with Crippen LogP contribution in [-0.2, 0) is 9.59 Å². The van der Waals surface area contributed by atoms with Gasteiger partial charge in [-0.2, -0.15) is 0 Å². The average Bonchev–Trinajstić information content (AvgIpc) is 3.11. The third-order valence-electron chi connectivity index (χ3n) is 4.32. The van der Waals surface area contributed by atoms with Crippen LogP contribution in [0.2, 0.25) is 0 Å². The molecule has 3 N–H and O–H groups in total. The Morgan fingerprint density at radius 1 is 1.32 bits per heavy atom. The van der Waals surface area contributed by atoms with Gasteiger partial charge >= 0.3 is 0 Å². The molecule has 1 aromatic heterocycles. The number of aromatic nitrogens is 1. The van der Waals surface area contributed by atoms with Crippen molar-refractivity contribution in [1.82, 2.24) is 20.5 Å². The molecule has 0 aromatic carbocycles. The Morgan fingerprint density at radius 2 is 2.11 bits per heavy atom. The van der Waals surface area contributed by atoms with Crippen molar-refractivity contribution < 1.29 is 9.59 Å². The molecule has 1 saturated heterocycles. The molecule has 8 nitrogen and oxygen atoms in total. The van der Waals surface area contributed by atoms with E-state index < -0.39 is 0 Å². The number of pyridine rings is 1. The smallest absolute Gasteiger partial charge is 0.227 e. The second-order valence-electron chi connectivity index (χ2n) is 6.60. The fourth-order valence-electron chi connectivity index (χ4n) is 2.86. The molecule has 0 radical (unpaired) electrons. The highest BCUT2D eigenvalue weighted by Crippen LogP contribution is 2.10. The van der Waals surface area contributed by atoms with E-state index in [1.165, 1.54) is 0 Å². The van der Waals surface area contributed by atoms with Crippen LogP contribution in [0.25, 0.3) is 0 Å². The van der Waals surface area contributed by atoms with Crippen molar-refractivity contribution >= 4 is 47.6 Å². The summed E-state index contributed by atoms with van der Waals surface area (Å²) in [5, 5.41) is 9.31. The van der Waals surface area contributed by atoms with E-state index in [1.54, 1.807) is 12.3 Å². The van der Waals surface area contributed by atoms with Crippen LogP contribution in [0.5, 0.6) is 0 Å². The van der Waals surface area contributed by atoms with Crippen LogP contribution >= 0.6 is 24.0 Å². The van der Waals surface area contributed by atoms with Crippen LogP contribution in [-0.4, -0.2) is 59.9 Å². The van der Waals surface area contributed by atoms with Gasteiger partial charge in [0.25, 0.3) is 0 Å². The zero-order valence-electron chi connectivity index (χ0n) is 16.8. The fourth-order valence-corrected chi connectivity index (χ4v) is 2.86. The van der Waals surface area contributed by atoms with E-state index in [2.05, 4.69) is 25.9 Å². The molecule has 2 heterocycles. The number of guanidine groups is 1. The summed E-state index contributed by atoms with van der Waals surface area (Å²) in [6, 6.07) is 3.87. The summed E-state index contributed by atoms with van der Waals surface area (Å²) in [6.07, 6.45) is 3.42. The maximum atomic E-state index is 12.0.